The highest BCUT2D eigenvalue weighted by Gasteiger charge is 1.93. The van der Waals surface area contributed by atoms with E-state index in [0.29, 0.717) is 0 Å². The summed E-state index contributed by atoms with van der Waals surface area (Å²) in [5.41, 5.74) is 2.05. The molecule has 0 bridgehead atoms. The number of aryl methyl sites for hydroxylation is 1. The first-order valence-corrected chi connectivity index (χ1v) is 4.04. The standard InChI is InChI=1S/C10H13NO.H2O/c1-9(11-12)7-8-10-5-3-2-4-6-10;/h2-6,12H,7-8H2,1H3;1H2. The second kappa shape index (κ2) is 6.20. The van der Waals surface area contributed by atoms with Crippen LogP contribution in [0.4, 0.5) is 0 Å². The first kappa shape index (κ1) is 11.6. The molecule has 0 amide bonds. The van der Waals surface area contributed by atoms with Gasteiger partial charge in [0.15, 0.2) is 0 Å². The number of hydrogen-bond donors (Lipinski definition) is 1. The van der Waals surface area contributed by atoms with E-state index in [2.05, 4.69) is 17.3 Å². The van der Waals surface area contributed by atoms with E-state index < -0.39 is 0 Å². The van der Waals surface area contributed by atoms with Crippen molar-refractivity contribution in [3.05, 3.63) is 35.9 Å². The minimum atomic E-state index is 0. The van der Waals surface area contributed by atoms with Crippen LogP contribution in [0.1, 0.15) is 18.9 Å². The fourth-order valence-corrected chi connectivity index (χ4v) is 1.02. The summed E-state index contributed by atoms with van der Waals surface area (Å²) in [5, 5.41) is 11.5. The van der Waals surface area contributed by atoms with Gasteiger partial charge < -0.3 is 10.7 Å². The fourth-order valence-electron chi connectivity index (χ4n) is 1.02. The van der Waals surface area contributed by atoms with Crippen molar-refractivity contribution < 1.29 is 10.7 Å². The molecule has 0 unspecified atom stereocenters. The third kappa shape index (κ3) is 4.28. The zero-order valence-electron chi connectivity index (χ0n) is 7.70. The highest BCUT2D eigenvalue weighted by molar-refractivity contribution is 5.81. The Labute approximate surface area is 78.0 Å². The van der Waals surface area contributed by atoms with Gasteiger partial charge in [0, 0.05) is 0 Å². The van der Waals surface area contributed by atoms with Gasteiger partial charge in [0.1, 0.15) is 0 Å². The summed E-state index contributed by atoms with van der Waals surface area (Å²) < 4.78 is 0. The average molecular weight is 181 g/mol. The number of nitrogens with zero attached hydrogens (tertiary/aromatic N) is 1. The largest absolute Gasteiger partial charge is 0.412 e. The molecule has 3 heteroatoms. The summed E-state index contributed by atoms with van der Waals surface area (Å²) >= 11 is 0. The van der Waals surface area contributed by atoms with Gasteiger partial charge in [-0.1, -0.05) is 35.5 Å². The van der Waals surface area contributed by atoms with E-state index >= 15 is 0 Å². The highest BCUT2D eigenvalue weighted by Crippen LogP contribution is 2.02. The summed E-state index contributed by atoms with van der Waals surface area (Å²) in [6.07, 6.45) is 1.76. The monoisotopic (exact) mass is 181 g/mol. The van der Waals surface area contributed by atoms with E-state index in [1.807, 2.05) is 25.1 Å². The van der Waals surface area contributed by atoms with Gasteiger partial charge in [-0.25, -0.2) is 0 Å². The normalized spacial score (nSPS) is 10.7. The molecule has 0 saturated heterocycles. The van der Waals surface area contributed by atoms with E-state index in [1.54, 1.807) is 0 Å². The van der Waals surface area contributed by atoms with Crippen LogP contribution in [0.2, 0.25) is 0 Å². The molecular formula is C10H15NO2. The van der Waals surface area contributed by atoms with Crippen LogP contribution in [0.5, 0.6) is 0 Å². The quantitative estimate of drug-likeness (QED) is 0.430. The average Bonchev–Trinajstić information content (AvgIpc) is 2.16. The highest BCUT2D eigenvalue weighted by atomic mass is 16.4. The first-order chi connectivity index (χ1) is 5.83. The smallest absolute Gasteiger partial charge is 0.0543 e. The molecule has 0 aliphatic rings. The Hall–Kier alpha value is -1.35. The van der Waals surface area contributed by atoms with Gasteiger partial charge in [-0.15, -0.1) is 0 Å². The molecule has 0 aliphatic heterocycles. The zero-order chi connectivity index (χ0) is 8.81. The number of hydrogen-bond acceptors (Lipinski definition) is 2. The molecule has 0 heterocycles. The Morgan fingerprint density at radius 3 is 2.46 bits per heavy atom. The molecule has 0 saturated carbocycles. The number of rotatable bonds is 3. The van der Waals surface area contributed by atoms with Crippen molar-refractivity contribution in [2.24, 2.45) is 5.16 Å². The number of benzene rings is 1. The van der Waals surface area contributed by atoms with Crippen LogP contribution < -0.4 is 0 Å². The minimum absolute atomic E-state index is 0. The molecule has 3 nitrogen and oxygen atoms in total. The van der Waals surface area contributed by atoms with E-state index in [4.69, 9.17) is 5.21 Å². The maximum Gasteiger partial charge on any atom is 0.0543 e. The van der Waals surface area contributed by atoms with Crippen molar-refractivity contribution in [1.82, 2.24) is 0 Å². The molecule has 0 aromatic heterocycles. The van der Waals surface area contributed by atoms with E-state index in [0.717, 1.165) is 18.6 Å². The van der Waals surface area contributed by atoms with Crippen molar-refractivity contribution >= 4 is 5.71 Å². The van der Waals surface area contributed by atoms with Crippen molar-refractivity contribution in [2.75, 3.05) is 0 Å². The molecule has 13 heavy (non-hydrogen) atoms. The predicted octanol–water partition coefficient (Wildman–Crippen LogP) is 1.64. The third-order valence-corrected chi connectivity index (χ3v) is 1.79. The summed E-state index contributed by atoms with van der Waals surface area (Å²) in [6.45, 7) is 1.82. The summed E-state index contributed by atoms with van der Waals surface area (Å²) in [6, 6.07) is 10.2. The maximum atomic E-state index is 8.40. The molecule has 3 N–H and O–H groups in total. The van der Waals surface area contributed by atoms with Crippen LogP contribution in [0.3, 0.4) is 0 Å². The van der Waals surface area contributed by atoms with Crippen LogP contribution >= 0.6 is 0 Å². The molecule has 0 aliphatic carbocycles. The SMILES string of the molecule is CC(CCc1ccccc1)=NO.O. The van der Waals surface area contributed by atoms with Crippen LogP contribution in [0.15, 0.2) is 35.5 Å². The van der Waals surface area contributed by atoms with Crippen LogP contribution in [0.25, 0.3) is 0 Å². The molecule has 1 rings (SSSR count). The Bertz CT molecular complexity index is 257. The van der Waals surface area contributed by atoms with Gasteiger partial charge in [-0.05, 0) is 25.3 Å². The molecule has 0 radical (unpaired) electrons. The molecular weight excluding hydrogens is 166 g/mol. The fraction of sp³-hybridized carbons (Fsp3) is 0.300. The second-order valence-electron chi connectivity index (χ2n) is 2.82. The van der Waals surface area contributed by atoms with Crippen molar-refractivity contribution in [3.8, 4) is 0 Å². The maximum absolute atomic E-state index is 8.40. The second-order valence-corrected chi connectivity index (χ2v) is 2.82. The van der Waals surface area contributed by atoms with Gasteiger partial charge in [-0.3, -0.25) is 0 Å². The van der Waals surface area contributed by atoms with Gasteiger partial charge in [-0.2, -0.15) is 0 Å². The Morgan fingerprint density at radius 1 is 1.31 bits per heavy atom. The van der Waals surface area contributed by atoms with Crippen molar-refractivity contribution in [3.63, 3.8) is 0 Å². The lowest BCUT2D eigenvalue weighted by molar-refractivity contribution is 0.317. The third-order valence-electron chi connectivity index (χ3n) is 1.79. The Balaban J connectivity index is 0.00000144. The summed E-state index contributed by atoms with van der Waals surface area (Å²) in [5.74, 6) is 0. The lowest BCUT2D eigenvalue weighted by Gasteiger charge is -1.98. The lowest BCUT2D eigenvalue weighted by atomic mass is 10.1. The van der Waals surface area contributed by atoms with Gasteiger partial charge in [0.25, 0.3) is 0 Å². The molecule has 0 fully saturated rings. The van der Waals surface area contributed by atoms with Gasteiger partial charge in [0.2, 0.25) is 0 Å². The van der Waals surface area contributed by atoms with Gasteiger partial charge >= 0.3 is 0 Å². The van der Waals surface area contributed by atoms with E-state index in [-0.39, 0.29) is 5.48 Å². The Kier molecular flexibility index (Phi) is 5.55. The van der Waals surface area contributed by atoms with Crippen molar-refractivity contribution in [2.45, 2.75) is 19.8 Å². The van der Waals surface area contributed by atoms with Gasteiger partial charge in [0.05, 0.1) is 5.71 Å². The van der Waals surface area contributed by atoms with E-state index in [9.17, 15) is 0 Å². The van der Waals surface area contributed by atoms with E-state index in [1.165, 1.54) is 5.56 Å². The predicted molar refractivity (Wildman–Crippen MR) is 53.3 cm³/mol. The first-order valence-electron chi connectivity index (χ1n) is 4.04. The topological polar surface area (TPSA) is 64.1 Å². The lowest BCUT2D eigenvalue weighted by Crippen LogP contribution is -1.94. The Morgan fingerprint density at radius 2 is 1.92 bits per heavy atom. The molecule has 0 atom stereocenters. The molecule has 72 valence electrons. The molecule has 1 aromatic rings. The van der Waals surface area contributed by atoms with Crippen LogP contribution in [0, 0.1) is 0 Å². The van der Waals surface area contributed by atoms with Crippen LogP contribution in [-0.2, 0) is 6.42 Å². The summed E-state index contributed by atoms with van der Waals surface area (Å²) in [4.78, 5) is 0. The zero-order valence-corrected chi connectivity index (χ0v) is 7.70. The van der Waals surface area contributed by atoms with Crippen molar-refractivity contribution in [1.29, 1.82) is 0 Å². The summed E-state index contributed by atoms with van der Waals surface area (Å²) in [7, 11) is 0. The van der Waals surface area contributed by atoms with Crippen LogP contribution in [-0.4, -0.2) is 16.4 Å². The molecule has 1 aromatic carbocycles. The minimum Gasteiger partial charge on any atom is -0.412 e. The number of oxime groups is 1. The molecule has 0 spiro atoms.